The maximum Gasteiger partial charge on any atom is 0.223 e. The molecular formula is C15H22N2O3. The molecule has 0 saturated heterocycles. The van der Waals surface area contributed by atoms with E-state index in [1.54, 1.807) is 12.1 Å². The number of rotatable bonds is 6. The SMILES string of the molecule is Nc1cccc(OCCC(=O)NC2CCCC2CO)c1. The Labute approximate surface area is 119 Å². The minimum atomic E-state index is -0.0285. The van der Waals surface area contributed by atoms with Gasteiger partial charge in [0.1, 0.15) is 5.75 Å². The summed E-state index contributed by atoms with van der Waals surface area (Å²) < 4.78 is 5.48. The number of carbonyl (C=O) groups excluding carboxylic acids is 1. The molecule has 2 unspecified atom stereocenters. The van der Waals surface area contributed by atoms with Gasteiger partial charge < -0.3 is 20.9 Å². The summed E-state index contributed by atoms with van der Waals surface area (Å²) in [6, 6.07) is 7.26. The van der Waals surface area contributed by atoms with Crippen molar-refractivity contribution in [1.29, 1.82) is 0 Å². The number of ether oxygens (including phenoxy) is 1. The molecule has 0 spiro atoms. The topological polar surface area (TPSA) is 84.6 Å². The lowest BCUT2D eigenvalue weighted by atomic mass is 10.1. The van der Waals surface area contributed by atoms with Gasteiger partial charge in [0, 0.05) is 30.3 Å². The highest BCUT2D eigenvalue weighted by Crippen LogP contribution is 2.25. The number of hydrogen-bond donors (Lipinski definition) is 3. The third-order valence-electron chi connectivity index (χ3n) is 3.70. The van der Waals surface area contributed by atoms with Gasteiger partial charge in [-0.2, -0.15) is 0 Å². The Morgan fingerprint density at radius 1 is 1.45 bits per heavy atom. The molecule has 0 bridgehead atoms. The lowest BCUT2D eigenvalue weighted by molar-refractivity contribution is -0.122. The Kier molecular flexibility index (Phi) is 5.24. The van der Waals surface area contributed by atoms with Crippen LogP contribution in [0.5, 0.6) is 5.75 Å². The summed E-state index contributed by atoms with van der Waals surface area (Å²) >= 11 is 0. The van der Waals surface area contributed by atoms with Gasteiger partial charge in [0.15, 0.2) is 0 Å². The number of benzene rings is 1. The second-order valence-corrected chi connectivity index (χ2v) is 5.22. The number of nitrogens with two attached hydrogens (primary N) is 1. The first-order chi connectivity index (χ1) is 9.69. The summed E-state index contributed by atoms with van der Waals surface area (Å²) in [7, 11) is 0. The van der Waals surface area contributed by atoms with Crippen LogP contribution >= 0.6 is 0 Å². The molecular weight excluding hydrogens is 256 g/mol. The van der Waals surface area contributed by atoms with E-state index < -0.39 is 0 Å². The van der Waals surface area contributed by atoms with Gasteiger partial charge in [-0.1, -0.05) is 12.5 Å². The van der Waals surface area contributed by atoms with Gasteiger partial charge in [-0.15, -0.1) is 0 Å². The van der Waals surface area contributed by atoms with Crippen molar-refractivity contribution in [2.24, 2.45) is 5.92 Å². The molecule has 0 radical (unpaired) electrons. The highest BCUT2D eigenvalue weighted by molar-refractivity contribution is 5.76. The second-order valence-electron chi connectivity index (χ2n) is 5.22. The molecule has 20 heavy (non-hydrogen) atoms. The van der Waals surface area contributed by atoms with Crippen molar-refractivity contribution in [3.05, 3.63) is 24.3 Å². The zero-order valence-corrected chi connectivity index (χ0v) is 11.5. The van der Waals surface area contributed by atoms with E-state index in [2.05, 4.69) is 5.32 Å². The third-order valence-corrected chi connectivity index (χ3v) is 3.70. The lowest BCUT2D eigenvalue weighted by Gasteiger charge is -2.19. The van der Waals surface area contributed by atoms with Crippen LogP contribution in [0.1, 0.15) is 25.7 Å². The quantitative estimate of drug-likeness (QED) is 0.685. The van der Waals surface area contributed by atoms with Crippen molar-refractivity contribution < 1.29 is 14.6 Å². The van der Waals surface area contributed by atoms with Gasteiger partial charge in [-0.25, -0.2) is 0 Å². The van der Waals surface area contributed by atoms with Crippen LogP contribution in [0.4, 0.5) is 5.69 Å². The molecule has 5 heteroatoms. The first-order valence-corrected chi connectivity index (χ1v) is 7.07. The van der Waals surface area contributed by atoms with Crippen molar-refractivity contribution in [2.45, 2.75) is 31.7 Å². The highest BCUT2D eigenvalue weighted by Gasteiger charge is 2.27. The van der Waals surface area contributed by atoms with Gasteiger partial charge in [0.2, 0.25) is 5.91 Å². The van der Waals surface area contributed by atoms with Gasteiger partial charge in [0.25, 0.3) is 0 Å². The van der Waals surface area contributed by atoms with Crippen molar-refractivity contribution >= 4 is 11.6 Å². The predicted molar refractivity (Wildman–Crippen MR) is 77.3 cm³/mol. The van der Waals surface area contributed by atoms with Crippen LogP contribution in [0.3, 0.4) is 0 Å². The van der Waals surface area contributed by atoms with Crippen molar-refractivity contribution in [3.8, 4) is 5.75 Å². The standard InChI is InChI=1S/C15H22N2O3/c16-12-4-2-5-13(9-12)20-8-7-15(19)17-14-6-1-3-11(14)10-18/h2,4-5,9,11,14,18H,1,3,6-8,10,16H2,(H,17,19). The van der Waals surface area contributed by atoms with Gasteiger partial charge in [-0.3, -0.25) is 4.79 Å². The molecule has 0 aliphatic heterocycles. The maximum absolute atomic E-state index is 11.8. The van der Waals surface area contributed by atoms with Gasteiger partial charge >= 0.3 is 0 Å². The zero-order valence-electron chi connectivity index (χ0n) is 11.5. The highest BCUT2D eigenvalue weighted by atomic mass is 16.5. The number of hydrogen-bond acceptors (Lipinski definition) is 4. The fourth-order valence-corrected chi connectivity index (χ4v) is 2.59. The molecule has 1 saturated carbocycles. The van der Waals surface area contributed by atoms with Crippen molar-refractivity contribution in [2.75, 3.05) is 18.9 Å². The smallest absolute Gasteiger partial charge is 0.223 e. The van der Waals surface area contributed by atoms with Crippen LogP contribution in [0.15, 0.2) is 24.3 Å². The molecule has 2 atom stereocenters. The van der Waals surface area contributed by atoms with Crippen LogP contribution in [0.25, 0.3) is 0 Å². The van der Waals surface area contributed by atoms with Crippen LogP contribution < -0.4 is 15.8 Å². The number of anilines is 1. The predicted octanol–water partition coefficient (Wildman–Crippen LogP) is 1.31. The molecule has 1 aromatic carbocycles. The molecule has 1 aromatic rings. The summed E-state index contributed by atoms with van der Waals surface area (Å²) in [6.07, 6.45) is 3.31. The zero-order chi connectivity index (χ0) is 14.4. The Morgan fingerprint density at radius 2 is 2.30 bits per heavy atom. The first-order valence-electron chi connectivity index (χ1n) is 7.07. The largest absolute Gasteiger partial charge is 0.493 e. The Bertz CT molecular complexity index is 450. The van der Waals surface area contributed by atoms with E-state index in [-0.39, 0.29) is 24.5 Å². The number of aliphatic hydroxyl groups excluding tert-OH is 1. The molecule has 1 amide bonds. The van der Waals surface area contributed by atoms with Gasteiger partial charge in [-0.05, 0) is 25.0 Å². The molecule has 110 valence electrons. The number of amides is 1. The summed E-state index contributed by atoms with van der Waals surface area (Å²) in [5.74, 6) is 0.847. The molecule has 2 rings (SSSR count). The number of carbonyl (C=O) groups is 1. The monoisotopic (exact) mass is 278 g/mol. The van der Waals surface area contributed by atoms with E-state index in [0.29, 0.717) is 24.5 Å². The average molecular weight is 278 g/mol. The van der Waals surface area contributed by atoms with E-state index in [0.717, 1.165) is 19.3 Å². The molecule has 5 nitrogen and oxygen atoms in total. The van der Waals surface area contributed by atoms with Crippen molar-refractivity contribution in [3.63, 3.8) is 0 Å². The third kappa shape index (κ3) is 4.13. The summed E-state index contributed by atoms with van der Waals surface area (Å²) in [5.41, 5.74) is 6.29. The minimum Gasteiger partial charge on any atom is -0.493 e. The normalized spacial score (nSPS) is 21.6. The fourth-order valence-electron chi connectivity index (χ4n) is 2.59. The number of nitrogen functional groups attached to an aromatic ring is 1. The average Bonchev–Trinajstić information content (AvgIpc) is 2.86. The molecule has 4 N–H and O–H groups in total. The molecule has 0 heterocycles. The maximum atomic E-state index is 11.8. The van der Waals surface area contributed by atoms with Crippen molar-refractivity contribution in [1.82, 2.24) is 5.32 Å². The van der Waals surface area contributed by atoms with Crippen LogP contribution in [0, 0.1) is 5.92 Å². The van der Waals surface area contributed by atoms with E-state index >= 15 is 0 Å². The number of aliphatic hydroxyl groups is 1. The van der Waals surface area contributed by atoms with E-state index in [9.17, 15) is 9.90 Å². The van der Waals surface area contributed by atoms with Crippen LogP contribution in [-0.2, 0) is 4.79 Å². The first kappa shape index (κ1) is 14.7. The molecule has 0 aromatic heterocycles. The van der Waals surface area contributed by atoms with E-state index in [1.807, 2.05) is 12.1 Å². The summed E-state index contributed by atoms with van der Waals surface area (Å²) in [5, 5.41) is 12.2. The Balaban J connectivity index is 1.70. The Hall–Kier alpha value is -1.75. The van der Waals surface area contributed by atoms with Gasteiger partial charge in [0.05, 0.1) is 13.0 Å². The van der Waals surface area contributed by atoms with Crippen LogP contribution in [0.2, 0.25) is 0 Å². The fraction of sp³-hybridized carbons (Fsp3) is 0.533. The summed E-state index contributed by atoms with van der Waals surface area (Å²) in [6.45, 7) is 0.469. The lowest BCUT2D eigenvalue weighted by Crippen LogP contribution is -2.39. The second kappa shape index (κ2) is 7.14. The van der Waals surface area contributed by atoms with E-state index in [4.69, 9.17) is 10.5 Å². The molecule has 1 fully saturated rings. The Morgan fingerprint density at radius 3 is 3.05 bits per heavy atom. The van der Waals surface area contributed by atoms with Crippen LogP contribution in [-0.4, -0.2) is 30.3 Å². The minimum absolute atomic E-state index is 0.0285. The van der Waals surface area contributed by atoms with E-state index in [1.165, 1.54) is 0 Å². The molecule has 1 aliphatic rings. The number of nitrogens with one attached hydrogen (secondary N) is 1. The summed E-state index contributed by atoms with van der Waals surface area (Å²) in [4.78, 5) is 11.8. The molecule has 1 aliphatic carbocycles.